The third-order valence-electron chi connectivity index (χ3n) is 2.74. The van der Waals surface area contributed by atoms with Crippen molar-refractivity contribution in [1.29, 1.82) is 0 Å². The second kappa shape index (κ2) is 4.36. The highest BCUT2D eigenvalue weighted by atomic mass is 32.1. The number of hydrogen-bond acceptors (Lipinski definition) is 4. The van der Waals surface area contributed by atoms with E-state index in [-0.39, 0.29) is 6.54 Å². The highest BCUT2D eigenvalue weighted by Crippen LogP contribution is 2.18. The molecule has 0 radical (unpaired) electrons. The van der Waals surface area contributed by atoms with Crippen LogP contribution in [0.15, 0.2) is 40.6 Å². The van der Waals surface area contributed by atoms with Gasteiger partial charge in [-0.1, -0.05) is 12.1 Å². The molecule has 1 N–H and O–H groups in total. The van der Waals surface area contributed by atoms with E-state index in [2.05, 4.69) is 4.98 Å². The maximum absolute atomic E-state index is 12.4. The van der Waals surface area contributed by atoms with Crippen LogP contribution < -0.4 is 5.69 Å². The first kappa shape index (κ1) is 11.7. The molecule has 0 amide bonds. The van der Waals surface area contributed by atoms with E-state index in [4.69, 9.17) is 5.11 Å². The summed E-state index contributed by atoms with van der Waals surface area (Å²) in [6.45, 7) is -0.363. The number of aromatic nitrogens is 3. The SMILES string of the molecule is O=C(O)Cn1c(=O)n(-c2nccs2)c2ccccc21. The number of para-hydroxylation sites is 2. The minimum absolute atomic E-state index is 0.363. The summed E-state index contributed by atoms with van der Waals surface area (Å²) in [4.78, 5) is 27.3. The monoisotopic (exact) mass is 275 g/mol. The smallest absolute Gasteiger partial charge is 0.336 e. The summed E-state index contributed by atoms with van der Waals surface area (Å²) in [5, 5.41) is 11.2. The van der Waals surface area contributed by atoms with E-state index in [0.29, 0.717) is 16.2 Å². The average molecular weight is 275 g/mol. The van der Waals surface area contributed by atoms with Gasteiger partial charge in [0.15, 0.2) is 5.13 Å². The van der Waals surface area contributed by atoms with Crippen molar-refractivity contribution in [2.45, 2.75) is 6.54 Å². The molecule has 6 nitrogen and oxygen atoms in total. The van der Waals surface area contributed by atoms with Crippen molar-refractivity contribution in [3.05, 3.63) is 46.3 Å². The Bertz CT molecular complexity index is 801. The molecule has 2 aromatic heterocycles. The van der Waals surface area contributed by atoms with Gasteiger partial charge in [0, 0.05) is 11.6 Å². The summed E-state index contributed by atoms with van der Waals surface area (Å²) in [5.74, 6) is -1.05. The molecule has 0 fully saturated rings. The van der Waals surface area contributed by atoms with Gasteiger partial charge >= 0.3 is 11.7 Å². The van der Waals surface area contributed by atoms with Gasteiger partial charge in [-0.25, -0.2) is 14.3 Å². The van der Waals surface area contributed by atoms with Crippen LogP contribution in [0.1, 0.15) is 0 Å². The second-order valence-electron chi connectivity index (χ2n) is 3.90. The summed E-state index contributed by atoms with van der Waals surface area (Å²) in [7, 11) is 0. The number of nitrogens with zero attached hydrogens (tertiary/aromatic N) is 3. The van der Waals surface area contributed by atoms with E-state index in [9.17, 15) is 9.59 Å². The quantitative estimate of drug-likeness (QED) is 0.782. The fourth-order valence-corrected chi connectivity index (χ4v) is 2.65. The summed E-state index contributed by atoms with van der Waals surface area (Å²) in [5.41, 5.74) is 0.854. The van der Waals surface area contributed by atoms with Crippen molar-refractivity contribution in [3.8, 4) is 5.13 Å². The molecule has 0 spiro atoms. The summed E-state index contributed by atoms with van der Waals surface area (Å²) >= 11 is 1.33. The molecule has 3 aromatic rings. The van der Waals surface area contributed by atoms with Gasteiger partial charge in [0.05, 0.1) is 11.0 Å². The molecule has 0 unspecified atom stereocenters. The summed E-state index contributed by atoms with van der Waals surface area (Å²) in [6.07, 6.45) is 1.61. The Hall–Kier alpha value is -2.41. The van der Waals surface area contributed by atoms with Gasteiger partial charge in [0.2, 0.25) is 0 Å². The van der Waals surface area contributed by atoms with Crippen molar-refractivity contribution in [3.63, 3.8) is 0 Å². The molecule has 96 valence electrons. The molecule has 3 rings (SSSR count). The Balaban J connectivity index is 2.37. The van der Waals surface area contributed by atoms with Crippen molar-refractivity contribution in [2.75, 3.05) is 0 Å². The number of carboxylic acid groups (broad SMARTS) is 1. The Morgan fingerprint density at radius 1 is 1.32 bits per heavy atom. The van der Waals surface area contributed by atoms with E-state index in [1.807, 2.05) is 0 Å². The average Bonchev–Trinajstić information content (AvgIpc) is 2.97. The van der Waals surface area contributed by atoms with E-state index in [1.54, 1.807) is 35.8 Å². The van der Waals surface area contributed by atoms with Crippen LogP contribution in [0.25, 0.3) is 16.2 Å². The highest BCUT2D eigenvalue weighted by molar-refractivity contribution is 7.12. The van der Waals surface area contributed by atoms with Gasteiger partial charge in [-0.2, -0.15) is 0 Å². The fraction of sp³-hybridized carbons (Fsp3) is 0.0833. The Morgan fingerprint density at radius 3 is 2.68 bits per heavy atom. The molecule has 2 heterocycles. The third kappa shape index (κ3) is 1.84. The van der Waals surface area contributed by atoms with Crippen LogP contribution in [0.4, 0.5) is 0 Å². The van der Waals surface area contributed by atoms with Gasteiger partial charge in [0.25, 0.3) is 0 Å². The van der Waals surface area contributed by atoms with Crippen molar-refractivity contribution >= 4 is 28.3 Å². The number of hydrogen-bond donors (Lipinski definition) is 1. The molecular formula is C12H9N3O3S. The molecule has 0 aliphatic rings. The molecule has 19 heavy (non-hydrogen) atoms. The Kier molecular flexibility index (Phi) is 2.68. The molecule has 0 saturated carbocycles. The summed E-state index contributed by atoms with van der Waals surface area (Å²) in [6, 6.07) is 7.07. The largest absolute Gasteiger partial charge is 0.480 e. The molecular weight excluding hydrogens is 266 g/mol. The zero-order valence-corrected chi connectivity index (χ0v) is 10.5. The van der Waals surface area contributed by atoms with Gasteiger partial charge in [-0.3, -0.25) is 9.36 Å². The normalized spacial score (nSPS) is 10.9. The molecule has 0 saturated heterocycles. The molecule has 1 aromatic carbocycles. The standard InChI is InChI=1S/C12H9N3O3S/c16-10(17)7-14-8-3-1-2-4-9(8)15(12(14)18)11-13-5-6-19-11/h1-6H,7H2,(H,16,17). The number of benzene rings is 1. The molecule has 0 aliphatic heterocycles. The van der Waals surface area contributed by atoms with Crippen LogP contribution in [-0.4, -0.2) is 25.2 Å². The first-order chi connectivity index (χ1) is 9.18. The minimum atomic E-state index is -1.05. The molecule has 0 aliphatic carbocycles. The van der Waals surface area contributed by atoms with Crippen LogP contribution in [0.2, 0.25) is 0 Å². The van der Waals surface area contributed by atoms with Crippen LogP contribution in [0, 0.1) is 0 Å². The Morgan fingerprint density at radius 2 is 2.05 bits per heavy atom. The predicted octanol–water partition coefficient (Wildman–Crippen LogP) is 1.33. The maximum atomic E-state index is 12.4. The number of rotatable bonds is 3. The number of carboxylic acids is 1. The predicted molar refractivity (Wildman–Crippen MR) is 70.8 cm³/mol. The molecule has 0 bridgehead atoms. The lowest BCUT2D eigenvalue weighted by Gasteiger charge is -1.96. The van der Waals surface area contributed by atoms with Crippen LogP contribution in [0.5, 0.6) is 0 Å². The van der Waals surface area contributed by atoms with Gasteiger partial charge in [-0.15, -0.1) is 11.3 Å². The van der Waals surface area contributed by atoms with Crippen molar-refractivity contribution in [2.24, 2.45) is 0 Å². The number of imidazole rings is 1. The van der Waals surface area contributed by atoms with Gasteiger partial charge in [-0.05, 0) is 12.1 Å². The number of carbonyl (C=O) groups is 1. The first-order valence-electron chi connectivity index (χ1n) is 5.50. The lowest BCUT2D eigenvalue weighted by atomic mass is 10.3. The third-order valence-corrected chi connectivity index (χ3v) is 3.50. The van der Waals surface area contributed by atoms with E-state index in [0.717, 1.165) is 0 Å². The first-order valence-corrected chi connectivity index (χ1v) is 6.38. The topological polar surface area (TPSA) is 77.1 Å². The minimum Gasteiger partial charge on any atom is -0.480 e. The van der Waals surface area contributed by atoms with Gasteiger partial charge < -0.3 is 5.11 Å². The zero-order chi connectivity index (χ0) is 13.4. The molecule has 0 atom stereocenters. The number of thiazole rings is 1. The van der Waals surface area contributed by atoms with E-state index in [1.165, 1.54) is 20.5 Å². The maximum Gasteiger partial charge on any atom is 0.336 e. The van der Waals surface area contributed by atoms with Crippen LogP contribution in [-0.2, 0) is 11.3 Å². The number of fused-ring (bicyclic) bond motifs is 1. The number of aliphatic carboxylic acids is 1. The van der Waals surface area contributed by atoms with Gasteiger partial charge in [0.1, 0.15) is 6.54 Å². The van der Waals surface area contributed by atoms with E-state index < -0.39 is 11.7 Å². The highest BCUT2D eigenvalue weighted by Gasteiger charge is 2.16. The lowest BCUT2D eigenvalue weighted by Crippen LogP contribution is -2.26. The second-order valence-corrected chi connectivity index (χ2v) is 4.77. The lowest BCUT2D eigenvalue weighted by molar-refractivity contribution is -0.137. The summed E-state index contributed by atoms with van der Waals surface area (Å²) < 4.78 is 2.67. The van der Waals surface area contributed by atoms with Crippen molar-refractivity contribution < 1.29 is 9.90 Å². The fourth-order valence-electron chi connectivity index (χ4n) is 2.01. The van der Waals surface area contributed by atoms with Crippen LogP contribution in [0.3, 0.4) is 0 Å². The molecule has 7 heteroatoms. The van der Waals surface area contributed by atoms with Crippen LogP contribution >= 0.6 is 11.3 Å². The zero-order valence-electron chi connectivity index (χ0n) is 9.68. The van der Waals surface area contributed by atoms with Crippen molar-refractivity contribution in [1.82, 2.24) is 14.1 Å². The van der Waals surface area contributed by atoms with E-state index >= 15 is 0 Å². The Labute approximate surface area is 111 Å².